The summed E-state index contributed by atoms with van der Waals surface area (Å²) in [5.74, 6) is -2.12. The van der Waals surface area contributed by atoms with E-state index >= 15 is 0 Å². The number of para-hydroxylation sites is 1. The van der Waals surface area contributed by atoms with Crippen molar-refractivity contribution < 1.29 is 55.7 Å². The van der Waals surface area contributed by atoms with Crippen LogP contribution in [-0.2, 0) is 27.4 Å². The summed E-state index contributed by atoms with van der Waals surface area (Å²) in [6.45, 7) is 3.10. The molecule has 3 aromatic rings. The zero-order valence-electron chi connectivity index (χ0n) is 30.0. The molecule has 2 saturated heterocycles. The van der Waals surface area contributed by atoms with Gasteiger partial charge in [0, 0.05) is 61.5 Å². The van der Waals surface area contributed by atoms with Crippen molar-refractivity contribution in [3.05, 3.63) is 75.7 Å². The van der Waals surface area contributed by atoms with E-state index in [4.69, 9.17) is 14.9 Å². The van der Waals surface area contributed by atoms with Crippen LogP contribution in [-0.4, -0.2) is 75.1 Å². The Kier molecular flexibility index (Phi) is 14.5. The number of aliphatic carboxylic acids is 1. The molecule has 10 nitrogen and oxygen atoms in total. The van der Waals surface area contributed by atoms with Gasteiger partial charge in [-0.1, -0.05) is 31.5 Å². The quantitative estimate of drug-likeness (QED) is 0.146. The highest BCUT2D eigenvalue weighted by atomic mass is 32.1. The second-order valence-corrected chi connectivity index (χ2v) is 14.3. The molecule has 0 spiro atoms. The third-order valence-corrected chi connectivity index (χ3v) is 10.7. The molecule has 17 heteroatoms. The molecule has 2 unspecified atom stereocenters. The van der Waals surface area contributed by atoms with Crippen LogP contribution in [0.5, 0.6) is 11.5 Å². The summed E-state index contributed by atoms with van der Waals surface area (Å²) in [6, 6.07) is 10.7. The molecule has 55 heavy (non-hydrogen) atoms. The monoisotopic (exact) mass is 796 g/mol. The van der Waals surface area contributed by atoms with Crippen LogP contribution in [0.25, 0.3) is 0 Å². The maximum Gasteiger partial charge on any atom is 0.425 e. The molecule has 2 aromatic heterocycles. The predicted octanol–water partition coefficient (Wildman–Crippen LogP) is 8.31. The van der Waals surface area contributed by atoms with Crippen LogP contribution in [0.15, 0.2) is 54.2 Å². The van der Waals surface area contributed by atoms with Crippen LogP contribution in [0, 0.1) is 17.2 Å². The molecule has 2 amide bonds. The number of pyridine rings is 1. The molecule has 0 saturated carbocycles. The molecule has 5 rings (SSSR count). The van der Waals surface area contributed by atoms with E-state index in [1.807, 2.05) is 25.1 Å². The van der Waals surface area contributed by atoms with Gasteiger partial charge in [-0.2, -0.15) is 31.6 Å². The second kappa shape index (κ2) is 18.7. The fourth-order valence-electron chi connectivity index (χ4n) is 7.02. The number of carbonyl (C=O) groups excluding carboxylic acids is 2. The van der Waals surface area contributed by atoms with Gasteiger partial charge in [-0.3, -0.25) is 19.4 Å². The number of aromatic hydroxyl groups is 1. The van der Waals surface area contributed by atoms with Gasteiger partial charge in [-0.15, -0.1) is 11.3 Å². The second-order valence-electron chi connectivity index (χ2n) is 13.4. The van der Waals surface area contributed by atoms with Crippen molar-refractivity contribution in [3.8, 4) is 17.6 Å². The lowest BCUT2D eigenvalue weighted by Gasteiger charge is -2.44. The fraction of sp³-hybridized carbons (Fsp3) is 0.500. The van der Waals surface area contributed by atoms with E-state index in [9.17, 15) is 46.0 Å². The molecule has 1 aromatic carbocycles. The number of likely N-dealkylation sites (tertiary alicyclic amines) is 2. The number of carboxylic acids is 1. The number of unbranched alkanes of at least 4 members (excludes halogenated alkanes) is 1. The highest BCUT2D eigenvalue weighted by molar-refractivity contribution is 7.10. The number of halogens is 6. The third kappa shape index (κ3) is 10.9. The smallest absolute Gasteiger partial charge is 0.425 e. The summed E-state index contributed by atoms with van der Waals surface area (Å²) in [4.78, 5) is 44.4. The Morgan fingerprint density at radius 2 is 1.76 bits per heavy atom. The highest BCUT2D eigenvalue weighted by Gasteiger charge is 2.45. The number of alkyl halides is 6. The Bertz CT molecular complexity index is 1820. The van der Waals surface area contributed by atoms with Gasteiger partial charge >= 0.3 is 18.3 Å². The van der Waals surface area contributed by atoms with Gasteiger partial charge < -0.3 is 24.7 Å². The lowest BCUT2D eigenvalue weighted by atomic mass is 9.73. The van der Waals surface area contributed by atoms with Gasteiger partial charge in [0.05, 0.1) is 35.1 Å². The van der Waals surface area contributed by atoms with E-state index in [0.717, 1.165) is 29.4 Å². The number of hydrogen-bond acceptors (Lipinski definition) is 8. The van der Waals surface area contributed by atoms with E-state index in [0.29, 0.717) is 94.2 Å². The number of benzene rings is 1. The summed E-state index contributed by atoms with van der Waals surface area (Å²) in [7, 11) is 0. The summed E-state index contributed by atoms with van der Waals surface area (Å²) >= 11 is 0.481. The average molecular weight is 797 g/mol. The van der Waals surface area contributed by atoms with Crippen LogP contribution in [0.2, 0.25) is 0 Å². The number of thiophene rings is 1. The Labute approximate surface area is 318 Å². The first kappa shape index (κ1) is 42.9. The number of carboxylic acid groups (broad SMARTS) is 1. The van der Waals surface area contributed by atoms with Crippen LogP contribution >= 0.6 is 11.3 Å². The summed E-state index contributed by atoms with van der Waals surface area (Å²) in [5.41, 5.74) is -1.72. The molecule has 2 atom stereocenters. The number of piperidine rings is 2. The van der Waals surface area contributed by atoms with Crippen molar-refractivity contribution >= 4 is 29.1 Å². The van der Waals surface area contributed by atoms with Crippen molar-refractivity contribution in [1.29, 1.82) is 5.26 Å². The SMILES string of the molecule is CCCC1C(C(=O)N2CCC(C#N)(c3ccccc3OCCCCC(=O)O)CC2)CCCN1C(=O)c1cnccc1C(F)(F)F.Oc1csc(C(F)(F)F)c1. The number of hydrogen-bond donors (Lipinski definition) is 2. The van der Waals surface area contributed by atoms with Gasteiger partial charge in [-0.05, 0) is 57.1 Å². The number of aromatic nitrogens is 1. The molecule has 2 aliphatic heterocycles. The molecule has 0 radical (unpaired) electrons. The first-order valence-electron chi connectivity index (χ1n) is 17.8. The zero-order chi connectivity index (χ0) is 40.4. The zero-order valence-corrected chi connectivity index (χ0v) is 30.9. The highest BCUT2D eigenvalue weighted by Crippen LogP contribution is 2.42. The van der Waals surface area contributed by atoms with Crippen molar-refractivity contribution in [3.63, 3.8) is 0 Å². The first-order chi connectivity index (χ1) is 26.0. The normalized spacial score (nSPS) is 18.4. The minimum absolute atomic E-state index is 0.0566. The van der Waals surface area contributed by atoms with E-state index in [-0.39, 0.29) is 24.6 Å². The molecular formula is C38H42F6N4O6S. The van der Waals surface area contributed by atoms with Crippen molar-refractivity contribution in [2.75, 3.05) is 26.2 Å². The third-order valence-electron chi connectivity index (χ3n) is 9.75. The first-order valence-corrected chi connectivity index (χ1v) is 18.7. The minimum atomic E-state index is -4.72. The van der Waals surface area contributed by atoms with Crippen molar-refractivity contribution in [2.24, 2.45) is 5.92 Å². The Morgan fingerprint density at radius 3 is 2.35 bits per heavy atom. The number of rotatable bonds is 11. The van der Waals surface area contributed by atoms with Crippen LogP contribution in [0.1, 0.15) is 91.1 Å². The van der Waals surface area contributed by atoms with Crippen LogP contribution in [0.4, 0.5) is 26.3 Å². The van der Waals surface area contributed by atoms with E-state index in [1.54, 1.807) is 11.0 Å². The molecule has 2 fully saturated rings. The average Bonchev–Trinajstić information content (AvgIpc) is 3.61. The van der Waals surface area contributed by atoms with Gasteiger partial charge in [0.2, 0.25) is 5.91 Å². The molecule has 298 valence electrons. The van der Waals surface area contributed by atoms with Gasteiger partial charge in [-0.25, -0.2) is 0 Å². The Hall–Kier alpha value is -4.85. The number of nitrogens with zero attached hydrogens (tertiary/aromatic N) is 4. The molecular weight excluding hydrogens is 754 g/mol. The molecule has 0 bridgehead atoms. The number of amides is 2. The van der Waals surface area contributed by atoms with Crippen LogP contribution in [0.3, 0.4) is 0 Å². The van der Waals surface area contributed by atoms with Crippen LogP contribution < -0.4 is 4.74 Å². The standard InChI is InChI=1S/C33H39F3N4O5.C5H3F3OS/c1-2-8-27-23(9-7-17-40(27)31(44)24-21-38-16-13-25(24)33(34,35)36)30(43)39-18-14-32(22-37,15-19-39)26-10-3-4-11-28(26)45-20-6-5-12-29(41)42;6-5(7,8)4-1-3(9)2-10-4/h3-4,10-11,13,16,21,23,27H,2,5-9,12,14-15,17-20H2,1H3,(H,41,42);1-2,9H. The van der Waals surface area contributed by atoms with Crippen molar-refractivity contribution in [1.82, 2.24) is 14.8 Å². The van der Waals surface area contributed by atoms with Crippen molar-refractivity contribution in [2.45, 2.75) is 88.5 Å². The maximum atomic E-state index is 14.0. The van der Waals surface area contributed by atoms with Gasteiger partial charge in [0.15, 0.2) is 0 Å². The lowest BCUT2D eigenvalue weighted by molar-refractivity contribution is -0.141. The number of ether oxygens (including phenoxy) is 1. The number of nitriles is 1. The predicted molar refractivity (Wildman–Crippen MR) is 189 cm³/mol. The summed E-state index contributed by atoms with van der Waals surface area (Å²) < 4.78 is 82.2. The van der Waals surface area contributed by atoms with E-state index < -0.39 is 57.6 Å². The molecule has 2 aliphatic rings. The van der Waals surface area contributed by atoms with E-state index in [2.05, 4.69) is 11.1 Å². The maximum absolute atomic E-state index is 14.0. The van der Waals surface area contributed by atoms with E-state index in [1.165, 1.54) is 4.90 Å². The molecule has 4 heterocycles. The lowest BCUT2D eigenvalue weighted by Crippen LogP contribution is -2.55. The molecule has 2 N–H and O–H groups in total. The fourth-order valence-corrected chi connectivity index (χ4v) is 7.66. The van der Waals surface area contributed by atoms with Gasteiger partial charge in [0.1, 0.15) is 16.4 Å². The summed E-state index contributed by atoms with van der Waals surface area (Å²) in [5, 5.41) is 28.8. The topological polar surface area (TPSA) is 144 Å². The molecule has 0 aliphatic carbocycles. The Balaban J connectivity index is 0.000000583. The largest absolute Gasteiger partial charge is 0.507 e. The Morgan fingerprint density at radius 1 is 1.05 bits per heavy atom. The number of carbonyl (C=O) groups is 3. The minimum Gasteiger partial charge on any atom is -0.507 e. The summed E-state index contributed by atoms with van der Waals surface area (Å²) in [6.07, 6.45) is -3.15. The van der Waals surface area contributed by atoms with Gasteiger partial charge in [0.25, 0.3) is 5.91 Å².